The molecule has 2 rings (SSSR count). The molecule has 0 bridgehead atoms. The topological polar surface area (TPSA) is 61.9 Å². The molecule has 24 heavy (non-hydrogen) atoms. The van der Waals surface area contributed by atoms with Gasteiger partial charge in [0.25, 0.3) is 0 Å². The second-order valence-electron chi connectivity index (χ2n) is 5.74. The molecule has 0 aromatic heterocycles. The van der Waals surface area contributed by atoms with Gasteiger partial charge in [-0.25, -0.2) is 0 Å². The molecule has 7 heteroatoms. The van der Waals surface area contributed by atoms with Crippen LogP contribution in [0.25, 0.3) is 0 Å². The maximum Gasteiger partial charge on any atom is 0.305 e. The molecule has 132 valence electrons. The van der Waals surface area contributed by atoms with Crippen molar-refractivity contribution in [3.63, 3.8) is 0 Å². The van der Waals surface area contributed by atoms with Gasteiger partial charge in [-0.15, -0.1) is 0 Å². The Labute approximate surface area is 147 Å². The summed E-state index contributed by atoms with van der Waals surface area (Å²) in [4.78, 5) is 27.3. The Hall–Kier alpha value is -1.79. The summed E-state index contributed by atoms with van der Waals surface area (Å²) in [5, 5.41) is 3.60. The average molecular weight is 354 g/mol. The average Bonchev–Trinajstić information content (AvgIpc) is 2.60. The molecule has 0 radical (unpaired) electrons. The molecule has 1 fully saturated rings. The van der Waals surface area contributed by atoms with Crippen molar-refractivity contribution < 1.29 is 14.3 Å². The summed E-state index contributed by atoms with van der Waals surface area (Å²) in [7, 11) is 1.36. The van der Waals surface area contributed by atoms with Gasteiger partial charge in [0, 0.05) is 39.1 Å². The van der Waals surface area contributed by atoms with E-state index in [1.807, 2.05) is 24.3 Å². The minimum atomic E-state index is -0.250. The molecule has 1 aliphatic rings. The van der Waals surface area contributed by atoms with Crippen LogP contribution in [0.3, 0.4) is 0 Å². The molecule has 0 saturated carbocycles. The number of methoxy groups -OCH3 is 1. The Morgan fingerprint density at radius 2 is 1.92 bits per heavy atom. The summed E-state index contributed by atoms with van der Waals surface area (Å²) in [6, 6.07) is 7.82. The quantitative estimate of drug-likeness (QED) is 0.595. The van der Waals surface area contributed by atoms with Gasteiger partial charge in [-0.2, -0.15) is 0 Å². The maximum atomic E-state index is 11.9. The second kappa shape index (κ2) is 9.49. The van der Waals surface area contributed by atoms with Crippen molar-refractivity contribution in [2.75, 3.05) is 51.3 Å². The van der Waals surface area contributed by atoms with E-state index in [4.69, 9.17) is 11.6 Å². The molecule has 0 spiro atoms. The third-order valence-corrected chi connectivity index (χ3v) is 4.36. The van der Waals surface area contributed by atoms with E-state index < -0.39 is 0 Å². The van der Waals surface area contributed by atoms with Crippen LogP contribution in [0, 0.1) is 0 Å². The SMILES string of the molecule is COC(=O)CCCNC(=O)CN1CCN(c2ccccc2Cl)CC1. The molecule has 1 heterocycles. The largest absolute Gasteiger partial charge is 0.469 e. The van der Waals surface area contributed by atoms with E-state index in [0.29, 0.717) is 25.9 Å². The van der Waals surface area contributed by atoms with Crippen LogP contribution in [0.15, 0.2) is 24.3 Å². The van der Waals surface area contributed by atoms with E-state index in [2.05, 4.69) is 19.9 Å². The van der Waals surface area contributed by atoms with Gasteiger partial charge in [0.2, 0.25) is 5.91 Å². The lowest BCUT2D eigenvalue weighted by Gasteiger charge is -2.36. The molecule has 1 amide bonds. The van der Waals surface area contributed by atoms with Crippen LogP contribution in [-0.4, -0.2) is 63.2 Å². The van der Waals surface area contributed by atoms with E-state index in [-0.39, 0.29) is 11.9 Å². The van der Waals surface area contributed by atoms with E-state index in [0.717, 1.165) is 36.9 Å². The minimum absolute atomic E-state index is 0.00828. The van der Waals surface area contributed by atoms with Gasteiger partial charge in [0.15, 0.2) is 0 Å². The molecule has 0 atom stereocenters. The summed E-state index contributed by atoms with van der Waals surface area (Å²) in [5.74, 6) is -0.258. The van der Waals surface area contributed by atoms with Crippen LogP contribution in [0.4, 0.5) is 5.69 Å². The Morgan fingerprint density at radius 3 is 2.58 bits per heavy atom. The van der Waals surface area contributed by atoms with Crippen LogP contribution < -0.4 is 10.2 Å². The zero-order valence-electron chi connectivity index (χ0n) is 14.0. The number of carbonyl (C=O) groups excluding carboxylic acids is 2. The number of benzene rings is 1. The minimum Gasteiger partial charge on any atom is -0.469 e. The lowest BCUT2D eigenvalue weighted by molar-refractivity contribution is -0.140. The molecule has 1 aromatic carbocycles. The third kappa shape index (κ3) is 5.69. The number of nitrogens with one attached hydrogen (secondary N) is 1. The molecule has 1 aliphatic heterocycles. The summed E-state index contributed by atoms with van der Waals surface area (Å²) < 4.78 is 4.56. The molecule has 1 saturated heterocycles. The Morgan fingerprint density at radius 1 is 1.21 bits per heavy atom. The highest BCUT2D eigenvalue weighted by atomic mass is 35.5. The number of hydrogen-bond donors (Lipinski definition) is 1. The summed E-state index contributed by atoms with van der Waals surface area (Å²) >= 11 is 6.23. The van der Waals surface area contributed by atoms with Gasteiger partial charge in [-0.1, -0.05) is 23.7 Å². The van der Waals surface area contributed by atoms with E-state index in [1.54, 1.807) is 0 Å². The predicted molar refractivity (Wildman–Crippen MR) is 94.4 cm³/mol. The zero-order valence-corrected chi connectivity index (χ0v) is 14.7. The van der Waals surface area contributed by atoms with Gasteiger partial charge in [-0.05, 0) is 18.6 Å². The Bertz CT molecular complexity index is 560. The van der Waals surface area contributed by atoms with Crippen molar-refractivity contribution in [1.29, 1.82) is 0 Å². The fourth-order valence-corrected chi connectivity index (χ4v) is 2.93. The number of para-hydroxylation sites is 1. The second-order valence-corrected chi connectivity index (χ2v) is 6.15. The first kappa shape index (κ1) is 18.5. The summed E-state index contributed by atoms with van der Waals surface area (Å²) in [5.41, 5.74) is 1.05. The van der Waals surface area contributed by atoms with Crippen LogP contribution >= 0.6 is 11.6 Å². The fourth-order valence-electron chi connectivity index (χ4n) is 2.68. The molecule has 0 unspecified atom stereocenters. The van der Waals surface area contributed by atoms with E-state index in [1.165, 1.54) is 7.11 Å². The first-order valence-electron chi connectivity index (χ1n) is 8.15. The van der Waals surface area contributed by atoms with Crippen molar-refractivity contribution in [2.45, 2.75) is 12.8 Å². The highest BCUT2D eigenvalue weighted by Gasteiger charge is 2.20. The van der Waals surface area contributed by atoms with E-state index in [9.17, 15) is 9.59 Å². The number of nitrogens with zero attached hydrogens (tertiary/aromatic N) is 2. The molecular weight excluding hydrogens is 330 g/mol. The number of carbonyl (C=O) groups is 2. The lowest BCUT2D eigenvalue weighted by atomic mass is 10.2. The van der Waals surface area contributed by atoms with Gasteiger partial charge >= 0.3 is 5.97 Å². The summed E-state index contributed by atoms with van der Waals surface area (Å²) in [6.07, 6.45) is 0.923. The normalized spacial score (nSPS) is 15.2. The van der Waals surface area contributed by atoms with Gasteiger partial charge in [0.05, 0.1) is 24.4 Å². The number of halogens is 1. The van der Waals surface area contributed by atoms with Gasteiger partial charge < -0.3 is 15.0 Å². The Kier molecular flexibility index (Phi) is 7.34. The van der Waals surface area contributed by atoms with Gasteiger partial charge in [-0.3, -0.25) is 14.5 Å². The number of rotatable bonds is 7. The third-order valence-electron chi connectivity index (χ3n) is 4.04. The van der Waals surface area contributed by atoms with Crippen molar-refractivity contribution >= 4 is 29.2 Å². The highest BCUT2D eigenvalue weighted by Crippen LogP contribution is 2.25. The highest BCUT2D eigenvalue weighted by molar-refractivity contribution is 6.33. The van der Waals surface area contributed by atoms with Crippen LogP contribution in [0.5, 0.6) is 0 Å². The first-order valence-corrected chi connectivity index (χ1v) is 8.53. The smallest absolute Gasteiger partial charge is 0.305 e. The Balaban J connectivity index is 1.66. The number of ether oxygens (including phenoxy) is 1. The number of hydrogen-bond acceptors (Lipinski definition) is 5. The predicted octanol–water partition coefficient (Wildman–Crippen LogP) is 1.53. The monoisotopic (exact) mass is 353 g/mol. The molecular formula is C17H24ClN3O3. The van der Waals surface area contributed by atoms with Crippen LogP contribution in [0.2, 0.25) is 5.02 Å². The molecule has 1 N–H and O–H groups in total. The lowest BCUT2D eigenvalue weighted by Crippen LogP contribution is -2.49. The fraction of sp³-hybridized carbons (Fsp3) is 0.529. The number of esters is 1. The maximum absolute atomic E-state index is 11.9. The summed E-state index contributed by atoms with van der Waals surface area (Å²) in [6.45, 7) is 4.21. The van der Waals surface area contributed by atoms with Crippen molar-refractivity contribution in [1.82, 2.24) is 10.2 Å². The molecule has 1 aromatic rings. The van der Waals surface area contributed by atoms with Crippen molar-refractivity contribution in [2.24, 2.45) is 0 Å². The number of anilines is 1. The zero-order chi connectivity index (χ0) is 17.4. The van der Waals surface area contributed by atoms with Crippen molar-refractivity contribution in [3.05, 3.63) is 29.3 Å². The van der Waals surface area contributed by atoms with Gasteiger partial charge in [0.1, 0.15) is 0 Å². The molecule has 0 aliphatic carbocycles. The first-order chi connectivity index (χ1) is 11.6. The van der Waals surface area contributed by atoms with Crippen LogP contribution in [0.1, 0.15) is 12.8 Å². The number of amides is 1. The van der Waals surface area contributed by atoms with E-state index >= 15 is 0 Å². The number of piperazine rings is 1. The van der Waals surface area contributed by atoms with Crippen molar-refractivity contribution in [3.8, 4) is 0 Å². The van der Waals surface area contributed by atoms with Crippen LogP contribution in [-0.2, 0) is 14.3 Å². The molecule has 6 nitrogen and oxygen atoms in total. The standard InChI is InChI=1S/C17H24ClN3O3/c1-24-17(23)7-4-8-19-16(22)13-20-9-11-21(12-10-20)15-6-3-2-5-14(15)18/h2-3,5-6H,4,7-13H2,1H3,(H,19,22).